The minimum atomic E-state index is -1.19. The van der Waals surface area contributed by atoms with Crippen LogP contribution in [0.1, 0.15) is 36.0 Å². The number of ether oxygens (including phenoxy) is 3. The molecule has 1 aliphatic carbocycles. The van der Waals surface area contributed by atoms with Gasteiger partial charge in [0.15, 0.2) is 11.5 Å². The minimum absolute atomic E-state index is 0.0319. The Kier molecular flexibility index (Phi) is 10.0. The number of allylic oxidation sites excluding steroid dienone is 1. The molecule has 0 spiro atoms. The SMILES string of the molecule is CCC=CC(=O)N(CCc1ccccc1OC)C1C=C(C(=O)NCCO)C2c3cc(CO)cc(OC)c3OC2C1O. The molecule has 1 heterocycles. The van der Waals surface area contributed by atoms with Crippen LogP contribution < -0.4 is 19.5 Å². The van der Waals surface area contributed by atoms with Crippen LogP contribution in [0.5, 0.6) is 17.2 Å². The predicted molar refractivity (Wildman–Crippen MR) is 152 cm³/mol. The van der Waals surface area contributed by atoms with Crippen molar-refractivity contribution < 1.29 is 39.1 Å². The Morgan fingerprint density at radius 3 is 2.56 bits per heavy atom. The second kappa shape index (κ2) is 13.7. The molecule has 10 heteroatoms. The van der Waals surface area contributed by atoms with Gasteiger partial charge in [0.05, 0.1) is 39.4 Å². The zero-order valence-electron chi connectivity index (χ0n) is 23.6. The van der Waals surface area contributed by atoms with E-state index in [1.165, 1.54) is 13.2 Å². The first-order valence-corrected chi connectivity index (χ1v) is 13.7. The molecule has 4 rings (SSSR count). The molecule has 4 N–H and O–H groups in total. The van der Waals surface area contributed by atoms with Gasteiger partial charge in [0.1, 0.15) is 18.0 Å². The van der Waals surface area contributed by atoms with E-state index < -0.39 is 30.1 Å². The van der Waals surface area contributed by atoms with Gasteiger partial charge in [-0.05, 0) is 54.3 Å². The molecule has 2 aromatic carbocycles. The highest BCUT2D eigenvalue weighted by molar-refractivity contribution is 5.96. The summed E-state index contributed by atoms with van der Waals surface area (Å²) in [6.45, 7) is 1.69. The number of aliphatic hydroxyl groups excluding tert-OH is 3. The van der Waals surface area contributed by atoms with Crippen molar-refractivity contribution in [1.82, 2.24) is 10.2 Å². The Labute approximate surface area is 239 Å². The molecule has 0 bridgehead atoms. The molecular formula is C31H38N2O8. The molecule has 220 valence electrons. The Balaban J connectivity index is 1.78. The smallest absolute Gasteiger partial charge is 0.247 e. The predicted octanol–water partition coefficient (Wildman–Crippen LogP) is 1.86. The van der Waals surface area contributed by atoms with Crippen molar-refractivity contribution in [3.05, 3.63) is 76.9 Å². The number of nitrogens with zero attached hydrogens (tertiary/aromatic N) is 1. The molecule has 0 aromatic heterocycles. The number of nitrogens with one attached hydrogen (secondary N) is 1. The summed E-state index contributed by atoms with van der Waals surface area (Å²) in [7, 11) is 3.06. The average Bonchev–Trinajstić information content (AvgIpc) is 3.39. The van der Waals surface area contributed by atoms with Crippen molar-refractivity contribution in [2.24, 2.45) is 0 Å². The van der Waals surface area contributed by atoms with E-state index in [9.17, 15) is 24.9 Å². The quantitative estimate of drug-likeness (QED) is 0.286. The highest BCUT2D eigenvalue weighted by Crippen LogP contribution is 2.51. The molecule has 0 fully saturated rings. The van der Waals surface area contributed by atoms with Crippen molar-refractivity contribution >= 4 is 11.8 Å². The summed E-state index contributed by atoms with van der Waals surface area (Å²) in [5.74, 6) is -0.0157. The Morgan fingerprint density at radius 1 is 1.12 bits per heavy atom. The van der Waals surface area contributed by atoms with Gasteiger partial charge in [-0.2, -0.15) is 0 Å². The van der Waals surface area contributed by atoms with Gasteiger partial charge in [0.25, 0.3) is 0 Å². The Morgan fingerprint density at radius 2 is 1.88 bits per heavy atom. The molecule has 0 saturated carbocycles. The first kappa shape index (κ1) is 30.1. The largest absolute Gasteiger partial charge is 0.496 e. The lowest BCUT2D eigenvalue weighted by Crippen LogP contribution is -2.56. The summed E-state index contributed by atoms with van der Waals surface area (Å²) in [5.41, 5.74) is 2.35. The van der Waals surface area contributed by atoms with Gasteiger partial charge < -0.3 is 39.7 Å². The van der Waals surface area contributed by atoms with Crippen molar-refractivity contribution in [1.29, 1.82) is 0 Å². The van der Waals surface area contributed by atoms with Crippen LogP contribution in [0.3, 0.4) is 0 Å². The van der Waals surface area contributed by atoms with E-state index in [0.717, 1.165) is 5.56 Å². The summed E-state index contributed by atoms with van der Waals surface area (Å²) in [6, 6.07) is 10.0. The molecule has 2 aliphatic rings. The second-order valence-electron chi connectivity index (χ2n) is 9.92. The maximum absolute atomic E-state index is 13.5. The van der Waals surface area contributed by atoms with Gasteiger partial charge in [-0.15, -0.1) is 0 Å². The molecule has 0 radical (unpaired) electrons. The minimum Gasteiger partial charge on any atom is -0.496 e. The lowest BCUT2D eigenvalue weighted by Gasteiger charge is -2.40. The zero-order chi connectivity index (χ0) is 29.5. The van der Waals surface area contributed by atoms with Crippen molar-refractivity contribution in [2.75, 3.05) is 33.9 Å². The maximum Gasteiger partial charge on any atom is 0.247 e. The summed E-state index contributed by atoms with van der Waals surface area (Å²) in [5, 5.41) is 33.6. The van der Waals surface area contributed by atoms with Crippen molar-refractivity contribution in [3.8, 4) is 17.2 Å². The van der Waals surface area contributed by atoms with Crippen LogP contribution in [0.15, 0.2) is 60.2 Å². The van der Waals surface area contributed by atoms with E-state index in [1.54, 1.807) is 36.3 Å². The van der Waals surface area contributed by atoms with E-state index in [-0.39, 0.29) is 32.2 Å². The fourth-order valence-electron chi connectivity index (χ4n) is 5.49. The first-order chi connectivity index (χ1) is 19.9. The molecule has 4 unspecified atom stereocenters. The van der Waals surface area contributed by atoms with Crippen LogP contribution in [0, 0.1) is 0 Å². The van der Waals surface area contributed by atoms with Crippen LogP contribution in [0.2, 0.25) is 0 Å². The number of carbonyl (C=O) groups excluding carboxylic acids is 2. The molecule has 2 aromatic rings. The van der Waals surface area contributed by atoms with Crippen LogP contribution in [0.25, 0.3) is 0 Å². The van der Waals surface area contributed by atoms with E-state index in [1.807, 2.05) is 31.2 Å². The average molecular weight is 567 g/mol. The van der Waals surface area contributed by atoms with Gasteiger partial charge in [-0.1, -0.05) is 31.2 Å². The third-order valence-electron chi connectivity index (χ3n) is 7.45. The van der Waals surface area contributed by atoms with E-state index in [4.69, 9.17) is 14.2 Å². The lowest BCUT2D eigenvalue weighted by molar-refractivity contribution is -0.132. The van der Waals surface area contributed by atoms with E-state index >= 15 is 0 Å². The summed E-state index contributed by atoms with van der Waals surface area (Å²) < 4.78 is 17.3. The van der Waals surface area contributed by atoms with Crippen LogP contribution in [0.4, 0.5) is 0 Å². The van der Waals surface area contributed by atoms with E-state index in [2.05, 4.69) is 5.32 Å². The first-order valence-electron chi connectivity index (χ1n) is 13.7. The fourth-order valence-corrected chi connectivity index (χ4v) is 5.49. The number of amides is 2. The second-order valence-corrected chi connectivity index (χ2v) is 9.92. The van der Waals surface area contributed by atoms with Gasteiger partial charge in [0, 0.05) is 24.2 Å². The number of aliphatic hydroxyl groups is 3. The molecule has 41 heavy (non-hydrogen) atoms. The molecule has 10 nitrogen and oxygen atoms in total. The number of hydrogen-bond donors (Lipinski definition) is 4. The lowest BCUT2D eigenvalue weighted by atomic mass is 9.77. The van der Waals surface area contributed by atoms with Crippen molar-refractivity contribution in [2.45, 2.75) is 50.5 Å². The number of hydrogen-bond acceptors (Lipinski definition) is 8. The molecule has 4 atom stereocenters. The summed E-state index contributed by atoms with van der Waals surface area (Å²) in [6.07, 6.45) is 3.84. The van der Waals surface area contributed by atoms with E-state index in [0.29, 0.717) is 46.8 Å². The normalized spacial score (nSPS) is 21.0. The van der Waals surface area contributed by atoms with Gasteiger partial charge in [0.2, 0.25) is 11.8 Å². The number of para-hydroxylation sites is 1. The topological polar surface area (TPSA) is 138 Å². The zero-order valence-corrected chi connectivity index (χ0v) is 23.6. The molecule has 0 saturated heterocycles. The number of rotatable bonds is 12. The van der Waals surface area contributed by atoms with Gasteiger partial charge in [-0.3, -0.25) is 9.59 Å². The molecular weight excluding hydrogens is 528 g/mol. The number of benzene rings is 2. The molecule has 1 aliphatic heterocycles. The maximum atomic E-state index is 13.5. The highest BCUT2D eigenvalue weighted by atomic mass is 16.5. The Hall–Kier alpha value is -3.86. The summed E-state index contributed by atoms with van der Waals surface area (Å²) >= 11 is 0. The number of carbonyl (C=O) groups is 2. The van der Waals surface area contributed by atoms with Crippen LogP contribution in [-0.4, -0.2) is 84.2 Å². The standard InChI is InChI=1S/C31H38N2O8/c1-4-5-10-26(36)33(13-11-20-8-6-7-9-24(20)39-2)23-17-22(31(38)32-12-14-34)27-21-15-19(18-35)16-25(40-3)29(21)41-30(27)28(23)37/h5-10,15-17,23,27-28,30,34-35,37H,4,11-14,18H2,1-3H3,(H,32,38). The third kappa shape index (κ3) is 6.24. The van der Waals surface area contributed by atoms with Crippen LogP contribution in [-0.2, 0) is 22.6 Å². The Bertz CT molecular complexity index is 1310. The highest BCUT2D eigenvalue weighted by Gasteiger charge is 2.51. The fraction of sp³-hybridized carbons (Fsp3) is 0.419. The third-order valence-corrected chi connectivity index (χ3v) is 7.45. The van der Waals surface area contributed by atoms with Crippen LogP contribution >= 0.6 is 0 Å². The van der Waals surface area contributed by atoms with Crippen molar-refractivity contribution in [3.63, 3.8) is 0 Å². The summed E-state index contributed by atoms with van der Waals surface area (Å²) in [4.78, 5) is 28.5. The van der Waals surface area contributed by atoms with Gasteiger partial charge >= 0.3 is 0 Å². The molecule has 2 amide bonds. The number of methoxy groups -OCH3 is 2. The van der Waals surface area contributed by atoms with Gasteiger partial charge in [-0.25, -0.2) is 0 Å². The monoisotopic (exact) mass is 566 g/mol. The number of fused-ring (bicyclic) bond motifs is 3.